The molecule has 0 saturated carbocycles. The molecule has 2 aromatic rings. The summed E-state index contributed by atoms with van der Waals surface area (Å²) in [5.41, 5.74) is 0.908. The van der Waals surface area contributed by atoms with Crippen molar-refractivity contribution in [2.24, 2.45) is 0 Å². The Morgan fingerprint density at radius 1 is 1.53 bits per heavy atom. The molecular formula is C10H12N2O3. The normalized spacial score (nSPS) is 15.4. The Bertz CT molecular complexity index is 527. The van der Waals surface area contributed by atoms with Crippen LogP contribution in [0.4, 0.5) is 0 Å². The summed E-state index contributed by atoms with van der Waals surface area (Å²) in [5, 5.41) is 9.45. The van der Waals surface area contributed by atoms with Crippen LogP contribution < -0.4 is 5.76 Å². The first-order valence-corrected chi connectivity index (χ1v) is 4.75. The van der Waals surface area contributed by atoms with Gasteiger partial charge in [0.1, 0.15) is 0 Å². The highest BCUT2D eigenvalue weighted by atomic mass is 16.4. The molecule has 0 spiro atoms. The van der Waals surface area contributed by atoms with Crippen molar-refractivity contribution in [3.8, 4) is 0 Å². The zero-order chi connectivity index (χ0) is 11.0. The fraction of sp³-hybridized carbons (Fsp3) is 0.400. The second-order valence-corrected chi connectivity index (χ2v) is 3.54. The van der Waals surface area contributed by atoms with E-state index in [-0.39, 0.29) is 6.04 Å². The highest BCUT2D eigenvalue weighted by molar-refractivity contribution is 5.67. The molecule has 5 heteroatoms. The van der Waals surface area contributed by atoms with Crippen LogP contribution in [0.5, 0.6) is 0 Å². The van der Waals surface area contributed by atoms with Gasteiger partial charge in [-0.1, -0.05) is 0 Å². The van der Waals surface area contributed by atoms with Crippen LogP contribution in [-0.4, -0.2) is 20.8 Å². The van der Waals surface area contributed by atoms with Gasteiger partial charge in [0.05, 0.1) is 12.1 Å². The molecule has 0 amide bonds. The lowest BCUT2D eigenvalue weighted by atomic mass is 10.2. The van der Waals surface area contributed by atoms with Crippen molar-refractivity contribution in [2.75, 3.05) is 0 Å². The van der Waals surface area contributed by atoms with E-state index >= 15 is 0 Å². The Labute approximate surface area is 86.0 Å². The quantitative estimate of drug-likeness (QED) is 0.797. The largest absolute Gasteiger partial charge is 0.421 e. The van der Waals surface area contributed by atoms with Crippen molar-refractivity contribution in [3.05, 3.63) is 28.9 Å². The number of fused-ring (bicyclic) bond motifs is 1. The van der Waals surface area contributed by atoms with Gasteiger partial charge in [0.2, 0.25) is 0 Å². The molecule has 0 fully saturated rings. The van der Waals surface area contributed by atoms with Crippen molar-refractivity contribution in [2.45, 2.75) is 26.0 Å². The van der Waals surface area contributed by atoms with E-state index in [2.05, 4.69) is 4.98 Å². The number of pyridine rings is 1. The Balaban J connectivity index is 2.69. The van der Waals surface area contributed by atoms with E-state index in [1.54, 1.807) is 32.2 Å². The molecule has 0 bridgehead atoms. The predicted octanol–water partition coefficient (Wildman–Crippen LogP) is 0.931. The third-order valence-corrected chi connectivity index (χ3v) is 2.48. The molecule has 1 N–H and O–H groups in total. The zero-order valence-electron chi connectivity index (χ0n) is 8.54. The molecule has 0 aromatic carbocycles. The van der Waals surface area contributed by atoms with Crippen LogP contribution in [0.2, 0.25) is 0 Å². The van der Waals surface area contributed by atoms with E-state index in [0.717, 1.165) is 0 Å². The number of hydrogen-bond acceptors (Lipinski definition) is 4. The highest BCUT2D eigenvalue weighted by Crippen LogP contribution is 2.16. The van der Waals surface area contributed by atoms with Gasteiger partial charge in [0, 0.05) is 6.20 Å². The molecule has 2 heterocycles. The number of hydrogen-bond donors (Lipinski definition) is 1. The minimum Gasteiger partial charge on any atom is -0.406 e. The minimum atomic E-state index is -0.634. The molecule has 0 aliphatic rings. The van der Waals surface area contributed by atoms with Gasteiger partial charge in [-0.2, -0.15) is 0 Å². The van der Waals surface area contributed by atoms with Gasteiger partial charge in [-0.25, -0.2) is 9.78 Å². The van der Waals surface area contributed by atoms with Crippen molar-refractivity contribution in [1.82, 2.24) is 9.55 Å². The van der Waals surface area contributed by atoms with E-state index in [9.17, 15) is 9.90 Å². The second-order valence-electron chi connectivity index (χ2n) is 3.54. The summed E-state index contributed by atoms with van der Waals surface area (Å²) in [4.78, 5) is 15.6. The maximum Gasteiger partial charge on any atom is 0.421 e. The summed E-state index contributed by atoms with van der Waals surface area (Å²) in [6, 6.07) is 3.02. The van der Waals surface area contributed by atoms with E-state index in [1.165, 1.54) is 4.57 Å². The molecule has 2 unspecified atom stereocenters. The van der Waals surface area contributed by atoms with Crippen molar-refractivity contribution >= 4 is 11.2 Å². The maximum atomic E-state index is 11.5. The Kier molecular flexibility index (Phi) is 2.32. The molecule has 0 aliphatic heterocycles. The number of aliphatic hydroxyl groups excluding tert-OH is 1. The molecular weight excluding hydrogens is 196 g/mol. The minimum absolute atomic E-state index is 0.353. The first-order chi connectivity index (χ1) is 7.11. The summed E-state index contributed by atoms with van der Waals surface area (Å²) in [6.45, 7) is 3.37. The molecule has 5 nitrogen and oxygen atoms in total. The fourth-order valence-corrected chi connectivity index (χ4v) is 1.45. The van der Waals surface area contributed by atoms with Crippen molar-refractivity contribution in [1.29, 1.82) is 0 Å². The molecule has 15 heavy (non-hydrogen) atoms. The standard InChI is InChI=1S/C10H12N2O3/c1-6(7(2)13)12-9-8(15-10(12)14)4-3-5-11-9/h3-7,13H,1-2H3. The average Bonchev–Trinajstić information content (AvgIpc) is 2.52. The predicted molar refractivity (Wildman–Crippen MR) is 54.7 cm³/mol. The molecule has 0 aliphatic carbocycles. The zero-order valence-corrected chi connectivity index (χ0v) is 8.54. The molecule has 2 rings (SSSR count). The van der Waals surface area contributed by atoms with Crippen LogP contribution in [-0.2, 0) is 0 Å². The summed E-state index contributed by atoms with van der Waals surface area (Å²) >= 11 is 0. The van der Waals surface area contributed by atoms with Crippen LogP contribution in [0.3, 0.4) is 0 Å². The van der Waals surface area contributed by atoms with E-state index in [1.807, 2.05) is 0 Å². The van der Waals surface area contributed by atoms with Gasteiger partial charge < -0.3 is 9.52 Å². The van der Waals surface area contributed by atoms with Crippen LogP contribution in [0.25, 0.3) is 11.2 Å². The number of aromatic nitrogens is 2. The third kappa shape index (κ3) is 1.55. The Hall–Kier alpha value is -1.62. The summed E-state index contributed by atoms with van der Waals surface area (Å²) in [6.07, 6.45) is 0.952. The molecule has 0 saturated heterocycles. The first kappa shape index (κ1) is 9.92. The lowest BCUT2D eigenvalue weighted by molar-refractivity contribution is 0.136. The van der Waals surface area contributed by atoms with Crippen LogP contribution >= 0.6 is 0 Å². The van der Waals surface area contributed by atoms with Crippen LogP contribution in [0.1, 0.15) is 19.9 Å². The smallest absolute Gasteiger partial charge is 0.406 e. The number of oxazole rings is 1. The number of nitrogens with zero attached hydrogens (tertiary/aromatic N) is 2. The van der Waals surface area contributed by atoms with Crippen LogP contribution in [0, 0.1) is 0 Å². The van der Waals surface area contributed by atoms with E-state index in [4.69, 9.17) is 4.42 Å². The van der Waals surface area contributed by atoms with Gasteiger partial charge in [0.15, 0.2) is 11.2 Å². The SMILES string of the molecule is CC(O)C(C)n1c(=O)oc2cccnc21. The van der Waals surface area contributed by atoms with Gasteiger partial charge in [-0.15, -0.1) is 0 Å². The molecule has 2 atom stereocenters. The lowest BCUT2D eigenvalue weighted by Gasteiger charge is -2.14. The van der Waals surface area contributed by atoms with Crippen molar-refractivity contribution < 1.29 is 9.52 Å². The number of aliphatic hydroxyl groups is 1. The topological polar surface area (TPSA) is 68.3 Å². The third-order valence-electron chi connectivity index (χ3n) is 2.48. The summed E-state index contributed by atoms with van der Waals surface area (Å²) in [5.74, 6) is -0.489. The monoisotopic (exact) mass is 208 g/mol. The van der Waals surface area contributed by atoms with Gasteiger partial charge >= 0.3 is 5.76 Å². The molecule has 2 aromatic heterocycles. The van der Waals surface area contributed by atoms with E-state index < -0.39 is 11.9 Å². The highest BCUT2D eigenvalue weighted by Gasteiger charge is 2.19. The van der Waals surface area contributed by atoms with Gasteiger partial charge in [0.25, 0.3) is 0 Å². The maximum absolute atomic E-state index is 11.5. The van der Waals surface area contributed by atoms with Gasteiger partial charge in [-0.3, -0.25) is 4.57 Å². The van der Waals surface area contributed by atoms with Gasteiger partial charge in [-0.05, 0) is 26.0 Å². The molecule has 80 valence electrons. The fourth-order valence-electron chi connectivity index (χ4n) is 1.45. The second kappa shape index (κ2) is 3.51. The average molecular weight is 208 g/mol. The first-order valence-electron chi connectivity index (χ1n) is 4.75. The summed E-state index contributed by atoms with van der Waals surface area (Å²) < 4.78 is 6.37. The van der Waals surface area contributed by atoms with Crippen molar-refractivity contribution in [3.63, 3.8) is 0 Å². The van der Waals surface area contributed by atoms with Crippen LogP contribution in [0.15, 0.2) is 27.5 Å². The van der Waals surface area contributed by atoms with E-state index in [0.29, 0.717) is 11.2 Å². The summed E-state index contributed by atoms with van der Waals surface area (Å²) in [7, 11) is 0. The lowest BCUT2D eigenvalue weighted by Crippen LogP contribution is -2.26. The Morgan fingerprint density at radius 3 is 2.93 bits per heavy atom. The Morgan fingerprint density at radius 2 is 2.27 bits per heavy atom. The number of rotatable bonds is 2. The molecule has 0 radical (unpaired) electrons.